The van der Waals surface area contributed by atoms with Crippen LogP contribution in [0.4, 0.5) is 4.79 Å². The molecule has 0 unspecified atom stereocenters. The molecule has 2 amide bonds. The van der Waals surface area contributed by atoms with Crippen molar-refractivity contribution in [1.82, 2.24) is 4.90 Å². The maximum Gasteiger partial charge on any atom is 0.293 e. The lowest BCUT2D eigenvalue weighted by molar-refractivity contribution is -0.122. The monoisotopic (exact) mass is 323 g/mol. The lowest BCUT2D eigenvalue weighted by Crippen LogP contribution is -2.27. The average Bonchev–Trinajstić information content (AvgIpc) is 2.80. The zero-order chi connectivity index (χ0) is 16.3. The lowest BCUT2D eigenvalue weighted by atomic mass is 10.1. The largest absolute Gasteiger partial charge is 0.496 e. The quantitative estimate of drug-likeness (QED) is 0.776. The van der Waals surface area contributed by atoms with Crippen LogP contribution in [0.5, 0.6) is 17.2 Å². The zero-order valence-electron chi connectivity index (χ0n) is 12.8. The number of nitrogens with zero attached hydrogens (tertiary/aromatic N) is 1. The maximum absolute atomic E-state index is 12.1. The van der Waals surface area contributed by atoms with Gasteiger partial charge >= 0.3 is 0 Å². The van der Waals surface area contributed by atoms with Gasteiger partial charge in [0.25, 0.3) is 11.1 Å². The highest BCUT2D eigenvalue weighted by Crippen LogP contribution is 2.38. The Kier molecular flexibility index (Phi) is 4.97. The van der Waals surface area contributed by atoms with Gasteiger partial charge in [0, 0.05) is 18.2 Å². The molecule has 1 aliphatic heterocycles. The summed E-state index contributed by atoms with van der Waals surface area (Å²) in [6.45, 7) is 2.11. The van der Waals surface area contributed by atoms with Gasteiger partial charge in [0.2, 0.25) is 0 Å². The number of benzene rings is 1. The Balaban J connectivity index is 2.47. The molecule has 6 nitrogen and oxygen atoms in total. The molecular formula is C15H17NO5S. The first-order valence-electron chi connectivity index (χ1n) is 6.61. The molecule has 0 N–H and O–H groups in total. The predicted octanol–water partition coefficient (Wildman–Crippen LogP) is 2.77. The molecule has 1 fully saturated rings. The third kappa shape index (κ3) is 2.89. The summed E-state index contributed by atoms with van der Waals surface area (Å²) in [6, 6.07) is 3.38. The molecule has 1 aromatic rings. The summed E-state index contributed by atoms with van der Waals surface area (Å²) in [5.74, 6) is 1.28. The van der Waals surface area contributed by atoms with E-state index in [1.54, 1.807) is 25.1 Å². The average molecular weight is 323 g/mol. The second-order valence-corrected chi connectivity index (χ2v) is 5.37. The second kappa shape index (κ2) is 6.74. The highest BCUT2D eigenvalue weighted by Gasteiger charge is 2.33. The number of carbonyl (C=O) groups excluding carboxylic acids is 2. The minimum Gasteiger partial charge on any atom is -0.496 e. The Bertz CT molecular complexity index is 641. The molecule has 22 heavy (non-hydrogen) atoms. The second-order valence-electron chi connectivity index (χ2n) is 4.38. The smallest absolute Gasteiger partial charge is 0.293 e. The Hall–Kier alpha value is -2.15. The number of thioether (sulfide) groups is 1. The summed E-state index contributed by atoms with van der Waals surface area (Å²) in [6.07, 6.45) is 1.63. The van der Waals surface area contributed by atoms with Crippen LogP contribution in [0.1, 0.15) is 12.5 Å². The minimum atomic E-state index is -0.297. The summed E-state index contributed by atoms with van der Waals surface area (Å²) in [5.41, 5.74) is 0.641. The summed E-state index contributed by atoms with van der Waals surface area (Å²) < 4.78 is 15.8. The Morgan fingerprint density at radius 2 is 1.64 bits per heavy atom. The van der Waals surface area contributed by atoms with Gasteiger partial charge in [0.15, 0.2) is 11.5 Å². The van der Waals surface area contributed by atoms with E-state index in [4.69, 9.17) is 14.2 Å². The van der Waals surface area contributed by atoms with Crippen molar-refractivity contribution in [2.75, 3.05) is 27.9 Å². The van der Waals surface area contributed by atoms with Gasteiger partial charge in [0.05, 0.1) is 26.2 Å². The van der Waals surface area contributed by atoms with E-state index in [0.717, 1.165) is 11.8 Å². The zero-order valence-corrected chi connectivity index (χ0v) is 13.7. The molecule has 0 spiro atoms. The molecule has 0 bridgehead atoms. The van der Waals surface area contributed by atoms with Crippen molar-refractivity contribution < 1.29 is 23.8 Å². The molecule has 0 aromatic heterocycles. The number of methoxy groups -OCH3 is 3. The molecule has 0 saturated carbocycles. The summed E-state index contributed by atoms with van der Waals surface area (Å²) in [5, 5.41) is -0.266. The maximum atomic E-state index is 12.1. The molecule has 0 aliphatic carbocycles. The van der Waals surface area contributed by atoms with E-state index in [2.05, 4.69) is 0 Å². The predicted molar refractivity (Wildman–Crippen MR) is 84.4 cm³/mol. The number of likely N-dealkylation sites (N-methyl/N-ethyl adjacent to an activating group) is 1. The van der Waals surface area contributed by atoms with E-state index >= 15 is 0 Å². The van der Waals surface area contributed by atoms with Gasteiger partial charge in [-0.15, -0.1) is 0 Å². The molecule has 0 atom stereocenters. The summed E-state index contributed by atoms with van der Waals surface area (Å²) in [4.78, 5) is 25.5. The third-order valence-electron chi connectivity index (χ3n) is 3.21. The number of ether oxygens (including phenoxy) is 3. The lowest BCUT2D eigenvalue weighted by Gasteiger charge is -2.12. The number of amides is 2. The highest BCUT2D eigenvalue weighted by atomic mass is 32.2. The van der Waals surface area contributed by atoms with Crippen LogP contribution in [0.15, 0.2) is 17.0 Å². The molecule has 0 radical (unpaired) electrons. The van der Waals surface area contributed by atoms with Crippen LogP contribution in [0.2, 0.25) is 0 Å². The topological polar surface area (TPSA) is 65.1 Å². The highest BCUT2D eigenvalue weighted by molar-refractivity contribution is 8.18. The van der Waals surface area contributed by atoms with Gasteiger partial charge in [-0.1, -0.05) is 0 Å². The molecule has 1 saturated heterocycles. The first-order chi connectivity index (χ1) is 10.5. The third-order valence-corrected chi connectivity index (χ3v) is 4.12. The van der Waals surface area contributed by atoms with Gasteiger partial charge < -0.3 is 14.2 Å². The Morgan fingerprint density at radius 3 is 2.14 bits per heavy atom. The number of hydrogen-bond donors (Lipinski definition) is 0. The number of imide groups is 1. The van der Waals surface area contributed by atoms with E-state index in [0.29, 0.717) is 34.3 Å². The van der Waals surface area contributed by atoms with Crippen LogP contribution in [-0.2, 0) is 4.79 Å². The molecule has 2 rings (SSSR count). The van der Waals surface area contributed by atoms with Crippen LogP contribution >= 0.6 is 11.8 Å². The number of rotatable bonds is 5. The Morgan fingerprint density at radius 1 is 1.05 bits per heavy atom. The molecular weight excluding hydrogens is 306 g/mol. The van der Waals surface area contributed by atoms with Gasteiger partial charge in [0.1, 0.15) is 5.75 Å². The van der Waals surface area contributed by atoms with Crippen LogP contribution < -0.4 is 14.2 Å². The minimum absolute atomic E-state index is 0.266. The normalized spacial score (nSPS) is 16.4. The van der Waals surface area contributed by atoms with E-state index < -0.39 is 0 Å². The Labute approximate surface area is 133 Å². The van der Waals surface area contributed by atoms with Crippen LogP contribution in [0.3, 0.4) is 0 Å². The molecule has 118 valence electrons. The number of hydrogen-bond acceptors (Lipinski definition) is 6. The van der Waals surface area contributed by atoms with Crippen LogP contribution in [0, 0.1) is 0 Å². The van der Waals surface area contributed by atoms with Crippen LogP contribution in [0.25, 0.3) is 6.08 Å². The summed E-state index contributed by atoms with van der Waals surface area (Å²) >= 11 is 0.915. The van der Waals surface area contributed by atoms with Crippen molar-refractivity contribution in [1.29, 1.82) is 0 Å². The van der Waals surface area contributed by atoms with E-state index in [9.17, 15) is 9.59 Å². The van der Waals surface area contributed by atoms with Gasteiger partial charge in [-0.25, -0.2) is 0 Å². The summed E-state index contributed by atoms with van der Waals surface area (Å²) in [7, 11) is 4.58. The van der Waals surface area contributed by atoms with Gasteiger partial charge in [-0.05, 0) is 30.8 Å². The van der Waals surface area contributed by atoms with Crippen molar-refractivity contribution in [3.63, 3.8) is 0 Å². The molecule has 1 aromatic carbocycles. The van der Waals surface area contributed by atoms with E-state index in [1.165, 1.54) is 26.2 Å². The molecule has 1 heterocycles. The van der Waals surface area contributed by atoms with Crippen LogP contribution in [-0.4, -0.2) is 43.9 Å². The van der Waals surface area contributed by atoms with Crippen molar-refractivity contribution in [3.8, 4) is 17.2 Å². The van der Waals surface area contributed by atoms with Gasteiger partial charge in [-0.2, -0.15) is 0 Å². The van der Waals surface area contributed by atoms with E-state index in [-0.39, 0.29) is 11.1 Å². The van der Waals surface area contributed by atoms with Gasteiger partial charge in [-0.3, -0.25) is 14.5 Å². The first-order valence-corrected chi connectivity index (χ1v) is 7.42. The van der Waals surface area contributed by atoms with Crippen molar-refractivity contribution in [3.05, 3.63) is 22.6 Å². The number of carbonyl (C=O) groups is 2. The fourth-order valence-corrected chi connectivity index (χ4v) is 2.97. The fraction of sp³-hybridized carbons (Fsp3) is 0.333. The fourth-order valence-electron chi connectivity index (χ4n) is 2.08. The standard InChI is InChI=1S/C15H17NO5S/c1-5-16-14(17)13(22-15(16)18)7-9-6-11(20-3)12(21-4)8-10(9)19-2/h6-8H,5H2,1-4H3/b13-7+. The van der Waals surface area contributed by atoms with Crippen molar-refractivity contribution in [2.24, 2.45) is 0 Å². The SMILES string of the molecule is CCN1C(=O)S/C(=C/c2cc(OC)c(OC)cc2OC)C1=O. The molecule has 7 heteroatoms. The van der Waals surface area contributed by atoms with E-state index in [1.807, 2.05) is 0 Å². The first kappa shape index (κ1) is 16.2. The van der Waals surface area contributed by atoms with Crippen molar-refractivity contribution in [2.45, 2.75) is 6.92 Å². The van der Waals surface area contributed by atoms with Crippen molar-refractivity contribution >= 4 is 29.0 Å². The molecule has 1 aliphatic rings.